The van der Waals surface area contributed by atoms with Crippen LogP contribution in [-0.2, 0) is 37.3 Å². The largest absolute Gasteiger partial charge is 0.490 e. The highest BCUT2D eigenvalue weighted by Gasteiger charge is 2.60. The molecule has 1 aromatic carbocycles. The zero-order chi connectivity index (χ0) is 29.5. The first-order valence-corrected chi connectivity index (χ1v) is 15.3. The Kier molecular flexibility index (Phi) is 8.28. The number of aliphatic hydroxyl groups excluding tert-OH is 1. The number of fused-ring (bicyclic) bond motifs is 1. The Hall–Kier alpha value is -2.70. The molecule has 0 amide bonds. The number of rotatable bonds is 11. The van der Waals surface area contributed by atoms with Gasteiger partial charge in [-0.25, -0.2) is 28.6 Å². The van der Waals surface area contributed by atoms with E-state index in [2.05, 4.69) is 28.1 Å². The highest BCUT2D eigenvalue weighted by molar-refractivity contribution is 7.66. The molecular formula is C17H21N6O14P3. The molecule has 218 valence electrons. The molecule has 1 fully saturated rings. The van der Waals surface area contributed by atoms with Crippen molar-refractivity contribution in [3.8, 4) is 0 Å². The van der Waals surface area contributed by atoms with Crippen molar-refractivity contribution in [2.75, 3.05) is 12.3 Å². The second kappa shape index (κ2) is 10.9. The van der Waals surface area contributed by atoms with E-state index in [9.17, 15) is 38.7 Å². The van der Waals surface area contributed by atoms with Gasteiger partial charge < -0.3 is 35.2 Å². The molecule has 0 bridgehead atoms. The summed E-state index contributed by atoms with van der Waals surface area (Å²) in [6.07, 6.45) is -1.53. The first-order chi connectivity index (χ1) is 18.5. The minimum atomic E-state index is -5.81. The maximum absolute atomic E-state index is 12.5. The zero-order valence-corrected chi connectivity index (χ0v) is 22.4. The number of imidazole rings is 1. The van der Waals surface area contributed by atoms with Gasteiger partial charge in [-0.1, -0.05) is 30.3 Å². The van der Waals surface area contributed by atoms with Crippen molar-refractivity contribution in [1.82, 2.24) is 19.5 Å². The summed E-state index contributed by atoms with van der Waals surface area (Å²) >= 11 is 0. The van der Waals surface area contributed by atoms with Crippen molar-refractivity contribution in [3.63, 3.8) is 0 Å². The van der Waals surface area contributed by atoms with Crippen LogP contribution >= 0.6 is 23.5 Å². The SMILES string of the molecule is Nc1ncnc2c1ncn2[C@@]1(C(c2ccccc2)[N+](=O)[O-])C[C@H](O)[C@@H](COP(=O)(O)OP(=O)(O)OP(=O)(O)O)O1. The predicted octanol–water partition coefficient (Wildman–Crippen LogP) is 0.572. The van der Waals surface area contributed by atoms with E-state index < -0.39 is 65.4 Å². The van der Waals surface area contributed by atoms with Crippen molar-refractivity contribution in [1.29, 1.82) is 0 Å². The minimum Gasteiger partial charge on any atom is -0.390 e. The summed E-state index contributed by atoms with van der Waals surface area (Å²) in [6.45, 7) is -1.06. The topological polar surface area (TPSA) is 302 Å². The Labute approximate surface area is 222 Å². The van der Waals surface area contributed by atoms with Crippen LogP contribution in [0.3, 0.4) is 0 Å². The number of benzene rings is 1. The van der Waals surface area contributed by atoms with Crippen molar-refractivity contribution >= 4 is 40.4 Å². The number of aliphatic hydroxyl groups is 1. The fourth-order valence-electron chi connectivity index (χ4n) is 4.21. The summed E-state index contributed by atoms with van der Waals surface area (Å²) in [5.41, 5.74) is 3.95. The standard InChI is InChI=1S/C17H21N6O14P3/c18-15-13-16(20-8-19-15)22(9-21-13)17(14(23(25)26)10-4-2-1-3-5-10)6-11(24)12(35-17)7-34-39(30,31)37-40(32,33)36-38(27,28)29/h1-5,8-9,11-12,14,24H,6-7H2,(H,30,31)(H,32,33)(H2,18,19,20)(H2,27,28,29)/t11-,12+,14?,17-/m0/s1. The average molecular weight is 626 g/mol. The van der Waals surface area contributed by atoms with Gasteiger partial charge in [-0.2, -0.15) is 8.62 Å². The van der Waals surface area contributed by atoms with Crippen LogP contribution in [0.5, 0.6) is 0 Å². The van der Waals surface area contributed by atoms with Gasteiger partial charge in [-0.05, 0) is 0 Å². The van der Waals surface area contributed by atoms with E-state index >= 15 is 0 Å². The fourth-order valence-corrected chi connectivity index (χ4v) is 7.24. The average Bonchev–Trinajstić information content (AvgIpc) is 3.39. The number of nitro groups is 1. The van der Waals surface area contributed by atoms with Crippen molar-refractivity contribution in [2.24, 2.45) is 0 Å². The predicted molar refractivity (Wildman–Crippen MR) is 129 cm³/mol. The molecule has 0 spiro atoms. The van der Waals surface area contributed by atoms with Gasteiger partial charge in [-0.15, -0.1) is 0 Å². The lowest BCUT2D eigenvalue weighted by Gasteiger charge is -2.33. The van der Waals surface area contributed by atoms with Crippen LogP contribution in [0.1, 0.15) is 18.0 Å². The van der Waals surface area contributed by atoms with Crippen molar-refractivity contribution < 1.29 is 61.2 Å². The lowest BCUT2D eigenvalue weighted by molar-refractivity contribution is -0.562. The monoisotopic (exact) mass is 626 g/mol. The quantitative estimate of drug-likeness (QED) is 0.0962. The van der Waals surface area contributed by atoms with Gasteiger partial charge in [0.1, 0.15) is 17.9 Å². The number of nitrogens with zero attached hydrogens (tertiary/aromatic N) is 5. The van der Waals surface area contributed by atoms with Crippen LogP contribution in [0.2, 0.25) is 0 Å². The van der Waals surface area contributed by atoms with Gasteiger partial charge in [0.05, 0.1) is 19.0 Å². The molecule has 0 saturated carbocycles. The lowest BCUT2D eigenvalue weighted by atomic mass is 9.92. The van der Waals surface area contributed by atoms with Crippen LogP contribution in [0, 0.1) is 10.1 Å². The molecule has 0 aliphatic carbocycles. The van der Waals surface area contributed by atoms with Crippen molar-refractivity contribution in [3.05, 3.63) is 58.7 Å². The van der Waals surface area contributed by atoms with E-state index in [4.69, 9.17) is 20.3 Å². The summed E-state index contributed by atoms with van der Waals surface area (Å²) in [5, 5.41) is 23.3. The molecule has 7 N–H and O–H groups in total. The fraction of sp³-hybridized carbons (Fsp3) is 0.353. The minimum absolute atomic E-state index is 0.00369. The first-order valence-electron chi connectivity index (χ1n) is 10.8. The third-order valence-corrected chi connectivity index (χ3v) is 9.43. The maximum Gasteiger partial charge on any atom is 0.490 e. The molecule has 6 atom stereocenters. The van der Waals surface area contributed by atoms with Crippen LogP contribution < -0.4 is 5.73 Å². The molecule has 1 aliphatic rings. The van der Waals surface area contributed by atoms with E-state index in [-0.39, 0.29) is 22.5 Å². The number of anilines is 1. The summed E-state index contributed by atoms with van der Waals surface area (Å²) in [4.78, 5) is 60.3. The number of phosphoric acid groups is 3. The molecule has 20 nitrogen and oxygen atoms in total. The Morgan fingerprint density at radius 3 is 2.42 bits per heavy atom. The number of nitrogens with two attached hydrogens (primary N) is 1. The van der Waals surface area contributed by atoms with Gasteiger partial charge >= 0.3 is 23.5 Å². The number of phosphoric ester groups is 1. The zero-order valence-electron chi connectivity index (χ0n) is 19.8. The Morgan fingerprint density at radius 1 is 1.12 bits per heavy atom. The van der Waals surface area contributed by atoms with Crippen molar-refractivity contribution in [2.45, 2.75) is 30.4 Å². The molecule has 23 heteroatoms. The highest BCUT2D eigenvalue weighted by Crippen LogP contribution is 2.66. The number of aromatic nitrogens is 4. The second-order valence-electron chi connectivity index (χ2n) is 8.30. The molecular weight excluding hydrogens is 605 g/mol. The van der Waals surface area contributed by atoms with Crippen LogP contribution in [0.15, 0.2) is 43.0 Å². The smallest absolute Gasteiger partial charge is 0.390 e. The molecule has 3 heterocycles. The summed E-state index contributed by atoms with van der Waals surface area (Å²) < 4.78 is 53.7. The van der Waals surface area contributed by atoms with Crippen LogP contribution in [0.4, 0.5) is 5.82 Å². The lowest BCUT2D eigenvalue weighted by Crippen LogP contribution is -2.44. The van der Waals surface area contributed by atoms with Crippen LogP contribution in [-0.4, -0.2) is 67.9 Å². The van der Waals surface area contributed by atoms with Gasteiger partial charge in [-0.3, -0.25) is 19.2 Å². The summed E-state index contributed by atoms with van der Waals surface area (Å²) in [5.74, 6) is -0.0565. The number of ether oxygens (including phenoxy) is 1. The molecule has 4 rings (SSSR count). The maximum atomic E-state index is 12.5. The van der Waals surface area contributed by atoms with Crippen LogP contribution in [0.25, 0.3) is 11.2 Å². The molecule has 1 saturated heterocycles. The molecule has 2 aromatic heterocycles. The van der Waals surface area contributed by atoms with Gasteiger partial charge in [0.2, 0.25) is 5.72 Å². The number of hydrogen-bond acceptors (Lipinski definition) is 14. The molecule has 0 radical (unpaired) electrons. The molecule has 40 heavy (non-hydrogen) atoms. The Bertz CT molecular complexity index is 1550. The first kappa shape index (κ1) is 30.3. The van der Waals surface area contributed by atoms with Gasteiger partial charge in [0.25, 0.3) is 6.04 Å². The summed E-state index contributed by atoms with van der Waals surface area (Å²) in [7, 11) is -17.0. The number of nitrogen functional groups attached to an aromatic ring is 1. The van der Waals surface area contributed by atoms with E-state index in [1.807, 2.05) is 0 Å². The van der Waals surface area contributed by atoms with Gasteiger partial charge in [0.15, 0.2) is 11.5 Å². The van der Waals surface area contributed by atoms with Gasteiger partial charge in [0, 0.05) is 16.9 Å². The molecule has 3 unspecified atom stereocenters. The molecule has 3 aromatic rings. The second-order valence-corrected chi connectivity index (χ2v) is 12.7. The third-order valence-electron chi connectivity index (χ3n) is 5.63. The third kappa shape index (κ3) is 6.44. The van der Waals surface area contributed by atoms with E-state index in [0.29, 0.717) is 0 Å². The Balaban J connectivity index is 1.70. The number of hydrogen-bond donors (Lipinski definition) is 6. The highest BCUT2D eigenvalue weighted by atomic mass is 31.3. The van der Waals surface area contributed by atoms with E-state index in [1.165, 1.54) is 24.3 Å². The normalized spacial score (nSPS) is 25.3. The Morgan fingerprint density at radius 2 is 1.80 bits per heavy atom. The molecule has 1 aliphatic heterocycles. The summed E-state index contributed by atoms with van der Waals surface area (Å²) in [6, 6.07) is 5.82. The van der Waals surface area contributed by atoms with E-state index in [0.717, 1.165) is 17.2 Å². The van der Waals surface area contributed by atoms with E-state index in [1.54, 1.807) is 6.07 Å².